The standard InChI is InChI=1S/C21H22N2O4/c1-13(10-14-11-15(23(25)26)12-18(27-5)19(14)24)20-21(2,3)16-8-6-7-9-17(16)22(20)4/h6-12H,1-5H3/b14-10-,20-13-. The first-order valence-electron chi connectivity index (χ1n) is 8.61. The number of nitrogens with zero attached hydrogens (tertiary/aromatic N) is 2. The predicted molar refractivity (Wildman–Crippen MR) is 104 cm³/mol. The molecule has 27 heavy (non-hydrogen) atoms. The molecular weight excluding hydrogens is 344 g/mol. The van der Waals surface area contributed by atoms with Gasteiger partial charge in [-0.15, -0.1) is 0 Å². The van der Waals surface area contributed by atoms with Crippen LogP contribution in [0.4, 0.5) is 5.69 Å². The number of anilines is 1. The van der Waals surface area contributed by atoms with Gasteiger partial charge in [0, 0.05) is 35.5 Å². The lowest BCUT2D eigenvalue weighted by molar-refractivity contribution is -0.419. The summed E-state index contributed by atoms with van der Waals surface area (Å²) in [4.78, 5) is 25.4. The molecule has 1 aliphatic carbocycles. The van der Waals surface area contributed by atoms with Crippen LogP contribution in [0, 0.1) is 10.1 Å². The Morgan fingerprint density at radius 1 is 1.26 bits per heavy atom. The van der Waals surface area contributed by atoms with Gasteiger partial charge in [0.15, 0.2) is 5.76 Å². The summed E-state index contributed by atoms with van der Waals surface area (Å²) >= 11 is 0. The van der Waals surface area contributed by atoms with Crippen LogP contribution >= 0.6 is 0 Å². The molecule has 6 heteroatoms. The zero-order valence-corrected chi connectivity index (χ0v) is 16.1. The highest BCUT2D eigenvalue weighted by atomic mass is 16.6. The Balaban J connectivity index is 2.13. The summed E-state index contributed by atoms with van der Waals surface area (Å²) in [6.07, 6.45) is 4.16. The van der Waals surface area contributed by atoms with Crippen molar-refractivity contribution in [1.82, 2.24) is 0 Å². The minimum absolute atomic E-state index is 0.0319. The van der Waals surface area contributed by atoms with Crippen LogP contribution < -0.4 is 4.90 Å². The van der Waals surface area contributed by atoms with E-state index < -0.39 is 4.92 Å². The maximum absolute atomic E-state index is 12.6. The van der Waals surface area contributed by atoms with Gasteiger partial charge in [0.2, 0.25) is 5.78 Å². The van der Waals surface area contributed by atoms with E-state index in [9.17, 15) is 14.9 Å². The Bertz CT molecular complexity index is 964. The van der Waals surface area contributed by atoms with Gasteiger partial charge in [-0.25, -0.2) is 0 Å². The molecule has 3 rings (SSSR count). The van der Waals surface area contributed by atoms with Crippen LogP contribution in [0.5, 0.6) is 0 Å². The van der Waals surface area contributed by atoms with Crippen molar-refractivity contribution < 1.29 is 14.5 Å². The van der Waals surface area contributed by atoms with E-state index in [4.69, 9.17) is 4.74 Å². The van der Waals surface area contributed by atoms with Crippen molar-refractivity contribution in [2.75, 3.05) is 19.1 Å². The van der Waals surface area contributed by atoms with Gasteiger partial charge in [0.25, 0.3) is 5.70 Å². The maximum Gasteiger partial charge on any atom is 0.274 e. The summed E-state index contributed by atoms with van der Waals surface area (Å²) < 4.78 is 5.03. The van der Waals surface area contributed by atoms with Gasteiger partial charge >= 0.3 is 0 Å². The van der Waals surface area contributed by atoms with E-state index in [1.165, 1.54) is 18.7 Å². The topological polar surface area (TPSA) is 72.7 Å². The Morgan fingerprint density at radius 2 is 1.93 bits per heavy atom. The highest BCUT2D eigenvalue weighted by molar-refractivity contribution is 6.10. The van der Waals surface area contributed by atoms with Crippen molar-refractivity contribution in [2.45, 2.75) is 26.2 Å². The minimum atomic E-state index is -0.525. The third-order valence-electron chi connectivity index (χ3n) is 5.11. The molecule has 1 aliphatic heterocycles. The number of ketones is 1. The average Bonchev–Trinajstić information content (AvgIpc) is 2.83. The van der Waals surface area contributed by atoms with E-state index in [-0.39, 0.29) is 28.2 Å². The van der Waals surface area contributed by atoms with E-state index in [1.54, 1.807) is 6.08 Å². The van der Waals surface area contributed by atoms with Crippen LogP contribution in [0.3, 0.4) is 0 Å². The number of ether oxygens (including phenoxy) is 1. The van der Waals surface area contributed by atoms with Crippen LogP contribution in [0.15, 0.2) is 70.8 Å². The quantitative estimate of drug-likeness (QED) is 0.461. The number of Topliss-reactive ketones (excluding diaryl/α,β-unsaturated/α-hetero) is 1. The molecule has 0 fully saturated rings. The number of para-hydroxylation sites is 1. The van der Waals surface area contributed by atoms with E-state index in [1.807, 2.05) is 26.1 Å². The van der Waals surface area contributed by atoms with Crippen molar-refractivity contribution in [2.24, 2.45) is 0 Å². The van der Waals surface area contributed by atoms with Crippen molar-refractivity contribution >= 4 is 11.5 Å². The van der Waals surface area contributed by atoms with Crippen LogP contribution in [-0.4, -0.2) is 24.9 Å². The zero-order valence-electron chi connectivity index (χ0n) is 16.1. The van der Waals surface area contributed by atoms with Gasteiger partial charge < -0.3 is 9.64 Å². The van der Waals surface area contributed by atoms with Crippen molar-refractivity contribution in [3.05, 3.63) is 86.5 Å². The first-order valence-corrected chi connectivity index (χ1v) is 8.61. The molecule has 0 atom stereocenters. The van der Waals surface area contributed by atoms with Gasteiger partial charge in [-0.3, -0.25) is 14.9 Å². The minimum Gasteiger partial charge on any atom is -0.492 e. The maximum atomic E-state index is 12.6. The molecule has 1 aromatic rings. The molecular formula is C21H22N2O4. The second-order valence-electron chi connectivity index (χ2n) is 7.20. The van der Waals surface area contributed by atoms with Gasteiger partial charge in [0.1, 0.15) is 0 Å². The summed E-state index contributed by atoms with van der Waals surface area (Å²) in [5, 5.41) is 11.2. The Hall–Kier alpha value is -3.15. The number of hydrogen-bond donors (Lipinski definition) is 0. The number of hydrogen-bond acceptors (Lipinski definition) is 5. The number of rotatable bonds is 3. The molecule has 0 amide bonds. The largest absolute Gasteiger partial charge is 0.492 e. The van der Waals surface area contributed by atoms with Crippen molar-refractivity contribution in [3.8, 4) is 0 Å². The zero-order chi connectivity index (χ0) is 19.9. The number of methoxy groups -OCH3 is 1. The fourth-order valence-corrected chi connectivity index (χ4v) is 3.99. The highest BCUT2D eigenvalue weighted by Crippen LogP contribution is 2.48. The number of fused-ring (bicyclic) bond motifs is 1. The van der Waals surface area contributed by atoms with E-state index in [0.29, 0.717) is 0 Å². The lowest BCUT2D eigenvalue weighted by atomic mass is 9.82. The first-order chi connectivity index (χ1) is 12.7. The summed E-state index contributed by atoms with van der Waals surface area (Å²) in [6.45, 7) is 6.19. The number of allylic oxidation sites excluding steroid dienone is 6. The van der Waals surface area contributed by atoms with Crippen molar-refractivity contribution in [3.63, 3.8) is 0 Å². The smallest absolute Gasteiger partial charge is 0.274 e. The third-order valence-corrected chi connectivity index (χ3v) is 5.11. The van der Waals surface area contributed by atoms with Crippen LogP contribution in [0.1, 0.15) is 26.3 Å². The molecule has 6 nitrogen and oxygen atoms in total. The monoisotopic (exact) mass is 366 g/mol. The van der Waals surface area contributed by atoms with Crippen molar-refractivity contribution in [1.29, 1.82) is 0 Å². The molecule has 2 aliphatic rings. The second kappa shape index (κ2) is 6.54. The Labute approximate surface area is 158 Å². The van der Waals surface area contributed by atoms with Crippen LogP contribution in [0.2, 0.25) is 0 Å². The molecule has 0 bridgehead atoms. The molecule has 0 aromatic heterocycles. The average molecular weight is 366 g/mol. The van der Waals surface area contributed by atoms with Gasteiger partial charge in [0.05, 0.1) is 18.1 Å². The molecule has 140 valence electrons. The lowest BCUT2D eigenvalue weighted by Crippen LogP contribution is -2.24. The lowest BCUT2D eigenvalue weighted by Gasteiger charge is -2.26. The number of carbonyl (C=O) groups is 1. The predicted octanol–water partition coefficient (Wildman–Crippen LogP) is 3.89. The molecule has 0 N–H and O–H groups in total. The molecule has 1 heterocycles. The summed E-state index contributed by atoms with van der Waals surface area (Å²) in [5.41, 5.74) is 4.06. The number of carbonyl (C=O) groups excluding carboxylic acids is 1. The summed E-state index contributed by atoms with van der Waals surface area (Å²) in [6, 6.07) is 8.17. The third kappa shape index (κ3) is 2.97. The fraction of sp³-hybridized carbons (Fsp3) is 0.286. The summed E-state index contributed by atoms with van der Waals surface area (Å²) in [7, 11) is 3.33. The highest BCUT2D eigenvalue weighted by Gasteiger charge is 2.39. The number of nitro groups is 1. The van der Waals surface area contributed by atoms with Gasteiger partial charge in [-0.2, -0.15) is 0 Å². The number of benzene rings is 1. The SMILES string of the molecule is COC1=CC([N+](=O)[O-])=C/C(=C/C(C)=C2\N(C)c3ccccc3C2(C)C)C1=O. The van der Waals surface area contributed by atoms with Crippen LogP contribution in [-0.2, 0) is 14.9 Å². The van der Waals surface area contributed by atoms with Crippen LogP contribution in [0.25, 0.3) is 0 Å². The second-order valence-corrected chi connectivity index (χ2v) is 7.20. The normalized spacial score (nSPS) is 21.6. The van der Waals surface area contributed by atoms with E-state index in [0.717, 1.165) is 23.0 Å². The Morgan fingerprint density at radius 3 is 2.52 bits per heavy atom. The fourth-order valence-electron chi connectivity index (χ4n) is 3.99. The van der Waals surface area contributed by atoms with Gasteiger partial charge in [-0.1, -0.05) is 32.0 Å². The van der Waals surface area contributed by atoms with Gasteiger partial charge in [-0.05, 0) is 30.2 Å². The molecule has 0 radical (unpaired) electrons. The Kier molecular flexibility index (Phi) is 4.51. The van der Waals surface area contributed by atoms with E-state index in [2.05, 4.69) is 30.9 Å². The molecule has 0 unspecified atom stereocenters. The molecule has 0 spiro atoms. The molecule has 0 saturated heterocycles. The van der Waals surface area contributed by atoms with E-state index >= 15 is 0 Å². The molecule has 0 saturated carbocycles. The molecule has 1 aromatic carbocycles. The summed E-state index contributed by atoms with van der Waals surface area (Å²) in [5.74, 6) is -0.394. The first kappa shape index (κ1) is 18.6. The number of likely N-dealkylation sites (N-methyl/N-ethyl adjacent to an activating group) is 1.